The Morgan fingerprint density at radius 1 is 1.00 bits per heavy atom. The Kier molecular flexibility index (Phi) is 4.55. The Labute approximate surface area is 89.2 Å². The van der Waals surface area contributed by atoms with Gasteiger partial charge in [0.15, 0.2) is 0 Å². The Balaban J connectivity index is -0.000000213. The Morgan fingerprint density at radius 3 is 1.56 bits per heavy atom. The average Bonchev–Trinajstić information content (AvgIpc) is 1.77. The zero-order chi connectivity index (χ0) is 5.98. The van der Waals surface area contributed by atoms with E-state index in [0.29, 0.717) is 0 Å². The van der Waals surface area contributed by atoms with Crippen molar-refractivity contribution in [1.82, 2.24) is 0 Å². The molecule has 0 bridgehead atoms. The van der Waals surface area contributed by atoms with Crippen LogP contribution in [-0.4, -0.2) is 37.7 Å². The topological polar surface area (TPSA) is 0 Å². The van der Waals surface area contributed by atoms with E-state index in [4.69, 9.17) is 0 Å². The zero-order valence-electron chi connectivity index (χ0n) is 8.02. The fourth-order valence-corrected chi connectivity index (χ4v) is 0.663. The molecule has 1 rings (SSSR count). The van der Waals surface area contributed by atoms with Gasteiger partial charge in [-0.25, -0.2) is 0 Å². The van der Waals surface area contributed by atoms with Gasteiger partial charge in [0.25, 0.3) is 0 Å². The van der Waals surface area contributed by atoms with Crippen molar-refractivity contribution in [2.75, 3.05) is 0 Å². The van der Waals surface area contributed by atoms with E-state index < -0.39 is 0 Å². The normalized spacial score (nSPS) is 8.22. The fourth-order valence-electron chi connectivity index (χ4n) is 0.663. The molecule has 0 aromatic heterocycles. The monoisotopic (exact) mass is 148 g/mol. The van der Waals surface area contributed by atoms with E-state index in [9.17, 15) is 0 Å². The van der Waals surface area contributed by atoms with Crippen LogP contribution in [0.15, 0.2) is 24.3 Å². The first-order valence-electron chi connectivity index (χ1n) is 2.83. The summed E-state index contributed by atoms with van der Waals surface area (Å²) in [5, 5.41) is 0. The van der Waals surface area contributed by atoms with Crippen molar-refractivity contribution in [3.05, 3.63) is 35.4 Å². The van der Waals surface area contributed by atoms with E-state index in [1.165, 1.54) is 11.1 Å². The molecule has 0 saturated heterocycles. The maximum Gasteiger partial charge on any atom is 2.00 e. The van der Waals surface area contributed by atoms with Crippen molar-refractivity contribution in [3.8, 4) is 0 Å². The van der Waals surface area contributed by atoms with Gasteiger partial charge in [-0.3, -0.25) is 0 Å². The van der Waals surface area contributed by atoms with Gasteiger partial charge in [-0.2, -0.15) is 0 Å². The summed E-state index contributed by atoms with van der Waals surface area (Å²) in [5.41, 5.74) is 2.74. The third-order valence-corrected chi connectivity index (χ3v) is 1.43. The van der Waals surface area contributed by atoms with Crippen LogP contribution in [0.1, 0.15) is 14.0 Å². The third-order valence-electron chi connectivity index (χ3n) is 1.43. The van der Waals surface area contributed by atoms with Crippen molar-refractivity contribution in [3.63, 3.8) is 0 Å². The molecule has 0 amide bonds. The van der Waals surface area contributed by atoms with Crippen LogP contribution in [0.5, 0.6) is 0 Å². The molecular formula is C8H12Ca. The van der Waals surface area contributed by atoms with Crippen molar-refractivity contribution in [1.29, 1.82) is 0 Å². The molecule has 0 heterocycles. The number of hydrogen-bond acceptors (Lipinski definition) is 0. The van der Waals surface area contributed by atoms with E-state index in [2.05, 4.69) is 38.1 Å². The van der Waals surface area contributed by atoms with Crippen LogP contribution >= 0.6 is 0 Å². The first kappa shape index (κ1) is 9.48. The summed E-state index contributed by atoms with van der Waals surface area (Å²) in [4.78, 5) is 0. The second kappa shape index (κ2) is 4.32. The van der Waals surface area contributed by atoms with E-state index in [-0.39, 0.29) is 40.6 Å². The van der Waals surface area contributed by atoms with Gasteiger partial charge < -0.3 is 2.85 Å². The molecule has 0 N–H and O–H groups in total. The molecule has 1 aromatic rings. The predicted molar refractivity (Wildman–Crippen MR) is 43.9 cm³/mol. The number of hydrogen-bond donors (Lipinski definition) is 0. The second-order valence-corrected chi connectivity index (χ2v) is 2.08. The molecule has 0 atom stereocenters. The summed E-state index contributed by atoms with van der Waals surface area (Å²) in [6, 6.07) is 8.36. The summed E-state index contributed by atoms with van der Waals surface area (Å²) in [6.45, 7) is 4.24. The minimum atomic E-state index is 0. The molecule has 0 aliphatic rings. The molecule has 9 heavy (non-hydrogen) atoms. The minimum absolute atomic E-state index is 0. The van der Waals surface area contributed by atoms with Crippen molar-refractivity contribution in [2.45, 2.75) is 13.8 Å². The summed E-state index contributed by atoms with van der Waals surface area (Å²) in [5.74, 6) is 0. The smallest absolute Gasteiger partial charge is 1.00 e. The molecule has 1 heteroatoms. The van der Waals surface area contributed by atoms with Gasteiger partial charge in [0.2, 0.25) is 0 Å². The molecule has 46 valence electrons. The third kappa shape index (κ3) is 2.70. The van der Waals surface area contributed by atoms with Gasteiger partial charge in [0.1, 0.15) is 0 Å². The van der Waals surface area contributed by atoms with Gasteiger partial charge in [-0.1, -0.05) is 24.3 Å². The second-order valence-electron chi connectivity index (χ2n) is 2.08. The van der Waals surface area contributed by atoms with Gasteiger partial charge >= 0.3 is 37.7 Å². The van der Waals surface area contributed by atoms with Crippen molar-refractivity contribution >= 4 is 37.7 Å². The Morgan fingerprint density at radius 2 is 1.33 bits per heavy atom. The summed E-state index contributed by atoms with van der Waals surface area (Å²) in [7, 11) is 0. The summed E-state index contributed by atoms with van der Waals surface area (Å²) >= 11 is 0. The fraction of sp³-hybridized carbons (Fsp3) is 0.250. The Bertz CT molecular complexity index is 168. The quantitative estimate of drug-likeness (QED) is 0.494. The number of rotatable bonds is 0. The summed E-state index contributed by atoms with van der Waals surface area (Å²) in [6.07, 6.45) is 0. The SMILES string of the molecule is Cc1ccccc1C.[Ca+2].[H-].[H-]. The van der Waals surface area contributed by atoms with Gasteiger partial charge in [0.05, 0.1) is 0 Å². The molecule has 0 aliphatic carbocycles. The molecule has 0 fully saturated rings. The molecule has 0 radical (unpaired) electrons. The zero-order valence-corrected chi connectivity index (χ0v) is 8.22. The largest absolute Gasteiger partial charge is 2.00 e. The first-order chi connectivity index (χ1) is 3.80. The average molecular weight is 148 g/mol. The van der Waals surface area contributed by atoms with Crippen LogP contribution in [0.3, 0.4) is 0 Å². The molecule has 1 aromatic carbocycles. The number of benzene rings is 1. The molecular weight excluding hydrogens is 136 g/mol. The predicted octanol–water partition coefficient (Wildman–Crippen LogP) is 2.15. The van der Waals surface area contributed by atoms with Crippen LogP contribution in [0.4, 0.5) is 0 Å². The standard InChI is InChI=1S/C8H10.Ca.2H/c1-7-5-3-4-6-8(7)2;;;/h3-6H,1-2H3;;;/q;+2;2*-1. The molecule has 0 nitrogen and oxygen atoms in total. The molecule has 0 spiro atoms. The van der Waals surface area contributed by atoms with E-state index in [1.54, 1.807) is 0 Å². The number of aryl methyl sites for hydroxylation is 2. The van der Waals surface area contributed by atoms with Crippen LogP contribution < -0.4 is 0 Å². The van der Waals surface area contributed by atoms with Crippen LogP contribution in [0.2, 0.25) is 0 Å². The molecule has 0 unspecified atom stereocenters. The maximum atomic E-state index is 2.12. The van der Waals surface area contributed by atoms with E-state index >= 15 is 0 Å². The van der Waals surface area contributed by atoms with Gasteiger partial charge in [0, 0.05) is 0 Å². The minimum Gasteiger partial charge on any atom is -1.00 e. The Hall–Kier alpha value is 0.480. The van der Waals surface area contributed by atoms with Crippen molar-refractivity contribution < 1.29 is 2.85 Å². The molecule has 0 aliphatic heterocycles. The van der Waals surface area contributed by atoms with Crippen LogP contribution in [-0.2, 0) is 0 Å². The van der Waals surface area contributed by atoms with Crippen LogP contribution in [0, 0.1) is 13.8 Å². The van der Waals surface area contributed by atoms with E-state index in [0.717, 1.165) is 0 Å². The van der Waals surface area contributed by atoms with Gasteiger partial charge in [-0.15, -0.1) is 0 Å². The van der Waals surface area contributed by atoms with Gasteiger partial charge in [-0.05, 0) is 25.0 Å². The maximum absolute atomic E-state index is 2.12. The van der Waals surface area contributed by atoms with E-state index in [1.807, 2.05) is 0 Å². The first-order valence-corrected chi connectivity index (χ1v) is 2.83. The van der Waals surface area contributed by atoms with Crippen molar-refractivity contribution in [2.24, 2.45) is 0 Å². The van der Waals surface area contributed by atoms with Crippen LogP contribution in [0.25, 0.3) is 0 Å². The molecule has 0 saturated carbocycles. The summed E-state index contributed by atoms with van der Waals surface area (Å²) < 4.78 is 0.